The number of ether oxygens (including phenoxy) is 3. The smallest absolute Gasteiger partial charge is 0.350 e. The highest BCUT2D eigenvalue weighted by Gasteiger charge is 2.39. The summed E-state index contributed by atoms with van der Waals surface area (Å²) in [5, 5.41) is 0. The summed E-state index contributed by atoms with van der Waals surface area (Å²) in [6, 6.07) is 0. The fourth-order valence-electron chi connectivity index (χ4n) is 1.38. The van der Waals surface area contributed by atoms with Crippen molar-refractivity contribution >= 4 is 17.7 Å². The van der Waals surface area contributed by atoms with Crippen molar-refractivity contribution in [1.82, 2.24) is 0 Å². The standard InChI is InChI=1S/C13H20O6/c1-5-8(2)11(15)19-13(3,4)12(16)18-10-7-17-6-9(10)14/h8,10H,5-7H2,1-4H3. The number of hydrogen-bond donors (Lipinski definition) is 0. The normalized spacial score (nSPS) is 21.1. The lowest BCUT2D eigenvalue weighted by molar-refractivity contribution is -0.184. The van der Waals surface area contributed by atoms with Crippen molar-refractivity contribution in [1.29, 1.82) is 0 Å². The van der Waals surface area contributed by atoms with E-state index in [0.29, 0.717) is 6.42 Å². The van der Waals surface area contributed by atoms with E-state index in [1.807, 2.05) is 6.92 Å². The van der Waals surface area contributed by atoms with Crippen LogP contribution in [0.15, 0.2) is 0 Å². The Bertz CT molecular complexity index is 373. The van der Waals surface area contributed by atoms with Crippen LogP contribution in [-0.4, -0.2) is 42.6 Å². The Kier molecular flexibility index (Phi) is 5.05. The van der Waals surface area contributed by atoms with E-state index in [1.54, 1.807) is 6.92 Å². The number of esters is 2. The van der Waals surface area contributed by atoms with Crippen molar-refractivity contribution in [2.45, 2.75) is 45.8 Å². The maximum atomic E-state index is 11.9. The predicted molar refractivity (Wildman–Crippen MR) is 65.3 cm³/mol. The number of Topliss-reactive ketones (excluding diaryl/α,β-unsaturated/α-hetero) is 1. The summed E-state index contributed by atoms with van der Waals surface area (Å²) in [5.74, 6) is -1.77. The van der Waals surface area contributed by atoms with Gasteiger partial charge < -0.3 is 14.2 Å². The number of carbonyl (C=O) groups is 3. The van der Waals surface area contributed by atoms with Gasteiger partial charge in [-0.15, -0.1) is 0 Å². The molecule has 1 saturated heterocycles. The molecule has 2 atom stereocenters. The minimum atomic E-state index is -1.41. The molecule has 0 aliphatic carbocycles. The van der Waals surface area contributed by atoms with Gasteiger partial charge in [-0.25, -0.2) is 4.79 Å². The Morgan fingerprint density at radius 1 is 1.47 bits per heavy atom. The molecule has 0 amide bonds. The highest BCUT2D eigenvalue weighted by Crippen LogP contribution is 2.18. The monoisotopic (exact) mass is 272 g/mol. The van der Waals surface area contributed by atoms with Crippen LogP contribution in [0.1, 0.15) is 34.1 Å². The number of hydrogen-bond acceptors (Lipinski definition) is 6. The quantitative estimate of drug-likeness (QED) is 0.691. The van der Waals surface area contributed by atoms with Crippen molar-refractivity contribution < 1.29 is 28.6 Å². The molecule has 1 aliphatic rings. The Morgan fingerprint density at radius 2 is 2.11 bits per heavy atom. The summed E-state index contributed by atoms with van der Waals surface area (Å²) in [5.41, 5.74) is -1.41. The van der Waals surface area contributed by atoms with Crippen LogP contribution in [0.4, 0.5) is 0 Å². The molecule has 1 rings (SSSR count). The van der Waals surface area contributed by atoms with Gasteiger partial charge in [0.1, 0.15) is 6.61 Å². The molecule has 1 heterocycles. The summed E-state index contributed by atoms with van der Waals surface area (Å²) in [4.78, 5) is 34.9. The average molecular weight is 272 g/mol. The fourth-order valence-corrected chi connectivity index (χ4v) is 1.38. The summed E-state index contributed by atoms with van der Waals surface area (Å²) in [7, 11) is 0. The third-order valence-electron chi connectivity index (χ3n) is 2.98. The molecule has 1 fully saturated rings. The third-order valence-corrected chi connectivity index (χ3v) is 2.98. The maximum absolute atomic E-state index is 11.9. The second kappa shape index (κ2) is 6.14. The fraction of sp³-hybridized carbons (Fsp3) is 0.769. The SMILES string of the molecule is CCC(C)C(=O)OC(C)(C)C(=O)OC1COCC1=O. The lowest BCUT2D eigenvalue weighted by Gasteiger charge is -2.25. The van der Waals surface area contributed by atoms with Crippen LogP contribution in [0.25, 0.3) is 0 Å². The molecule has 0 aromatic rings. The maximum Gasteiger partial charge on any atom is 0.350 e. The molecule has 6 nitrogen and oxygen atoms in total. The Hall–Kier alpha value is -1.43. The minimum Gasteiger partial charge on any atom is -0.449 e. The lowest BCUT2D eigenvalue weighted by atomic mass is 10.1. The van der Waals surface area contributed by atoms with Gasteiger partial charge >= 0.3 is 11.9 Å². The molecule has 108 valence electrons. The van der Waals surface area contributed by atoms with Crippen LogP contribution in [-0.2, 0) is 28.6 Å². The van der Waals surface area contributed by atoms with Gasteiger partial charge in [0.2, 0.25) is 11.4 Å². The van der Waals surface area contributed by atoms with Crippen LogP contribution in [0.5, 0.6) is 0 Å². The van der Waals surface area contributed by atoms with E-state index in [2.05, 4.69) is 0 Å². The van der Waals surface area contributed by atoms with Gasteiger partial charge in [-0.05, 0) is 20.3 Å². The van der Waals surface area contributed by atoms with Crippen LogP contribution in [0, 0.1) is 5.92 Å². The molecule has 0 bridgehead atoms. The first-order valence-corrected chi connectivity index (χ1v) is 6.32. The minimum absolute atomic E-state index is 0.0506. The summed E-state index contributed by atoms with van der Waals surface area (Å²) in [6.45, 7) is 6.46. The van der Waals surface area contributed by atoms with E-state index in [9.17, 15) is 14.4 Å². The molecule has 1 aliphatic heterocycles. The van der Waals surface area contributed by atoms with E-state index >= 15 is 0 Å². The number of ketones is 1. The molecule has 0 aromatic heterocycles. The van der Waals surface area contributed by atoms with E-state index in [0.717, 1.165) is 0 Å². The summed E-state index contributed by atoms with van der Waals surface area (Å²) >= 11 is 0. The first-order valence-electron chi connectivity index (χ1n) is 6.32. The Labute approximate surface area is 112 Å². The van der Waals surface area contributed by atoms with Crippen molar-refractivity contribution in [3.8, 4) is 0 Å². The van der Waals surface area contributed by atoms with E-state index < -0.39 is 23.6 Å². The van der Waals surface area contributed by atoms with Gasteiger partial charge in [0, 0.05) is 0 Å². The van der Waals surface area contributed by atoms with Crippen molar-refractivity contribution in [2.24, 2.45) is 5.92 Å². The van der Waals surface area contributed by atoms with Crippen molar-refractivity contribution in [3.63, 3.8) is 0 Å². The second-order valence-electron chi connectivity index (χ2n) is 5.12. The van der Waals surface area contributed by atoms with Gasteiger partial charge in [-0.3, -0.25) is 9.59 Å². The summed E-state index contributed by atoms with van der Waals surface area (Å²) < 4.78 is 15.0. The van der Waals surface area contributed by atoms with Gasteiger partial charge in [0.05, 0.1) is 12.5 Å². The first kappa shape index (κ1) is 15.6. The molecular formula is C13H20O6. The molecule has 6 heteroatoms. The molecule has 19 heavy (non-hydrogen) atoms. The molecule has 0 aromatic carbocycles. The van der Waals surface area contributed by atoms with Gasteiger partial charge in [0.15, 0.2) is 6.10 Å². The van der Waals surface area contributed by atoms with E-state index in [4.69, 9.17) is 14.2 Å². The highest BCUT2D eigenvalue weighted by atomic mass is 16.6. The van der Waals surface area contributed by atoms with Crippen LogP contribution in [0.3, 0.4) is 0 Å². The third kappa shape index (κ3) is 4.02. The van der Waals surface area contributed by atoms with Gasteiger partial charge in [-0.1, -0.05) is 13.8 Å². The van der Waals surface area contributed by atoms with E-state index in [1.165, 1.54) is 13.8 Å². The molecule has 0 N–H and O–H groups in total. The summed E-state index contributed by atoms with van der Waals surface area (Å²) in [6.07, 6.45) is -0.270. The topological polar surface area (TPSA) is 78.9 Å². The van der Waals surface area contributed by atoms with Gasteiger partial charge in [-0.2, -0.15) is 0 Å². The van der Waals surface area contributed by atoms with Crippen LogP contribution in [0.2, 0.25) is 0 Å². The largest absolute Gasteiger partial charge is 0.449 e. The number of carbonyl (C=O) groups excluding carboxylic acids is 3. The van der Waals surface area contributed by atoms with Crippen molar-refractivity contribution in [3.05, 3.63) is 0 Å². The molecule has 2 unspecified atom stereocenters. The highest BCUT2D eigenvalue weighted by molar-refractivity contribution is 5.90. The van der Waals surface area contributed by atoms with E-state index in [-0.39, 0.29) is 24.9 Å². The molecule has 0 spiro atoms. The molecule has 0 saturated carbocycles. The average Bonchev–Trinajstić information content (AvgIpc) is 2.73. The molecule has 0 radical (unpaired) electrons. The number of rotatable bonds is 5. The van der Waals surface area contributed by atoms with Gasteiger partial charge in [0.25, 0.3) is 0 Å². The van der Waals surface area contributed by atoms with Crippen LogP contribution >= 0.6 is 0 Å². The molecular weight excluding hydrogens is 252 g/mol. The second-order valence-corrected chi connectivity index (χ2v) is 5.12. The zero-order valence-corrected chi connectivity index (χ0v) is 11.7. The Morgan fingerprint density at radius 3 is 2.58 bits per heavy atom. The zero-order valence-electron chi connectivity index (χ0n) is 11.7. The lowest BCUT2D eigenvalue weighted by Crippen LogP contribution is -2.43. The predicted octanol–water partition coefficient (Wildman–Crippen LogP) is 0.865. The first-order chi connectivity index (χ1) is 8.77. The zero-order chi connectivity index (χ0) is 14.6. The van der Waals surface area contributed by atoms with Crippen molar-refractivity contribution in [2.75, 3.05) is 13.2 Å². The van der Waals surface area contributed by atoms with Crippen LogP contribution < -0.4 is 0 Å². The Balaban J connectivity index is 2.58.